The van der Waals surface area contributed by atoms with Crippen LogP contribution in [0.1, 0.15) is 35.0 Å². The van der Waals surface area contributed by atoms with Crippen molar-refractivity contribution in [2.45, 2.75) is 46.4 Å². The molecular weight excluding hydrogens is 358 g/mol. The van der Waals surface area contributed by atoms with Gasteiger partial charge in [0, 0.05) is 34.9 Å². The zero-order valence-electron chi connectivity index (χ0n) is 16.5. The zero-order chi connectivity index (χ0) is 19.5. The van der Waals surface area contributed by atoms with Crippen LogP contribution in [0, 0.1) is 34.6 Å². The maximum Gasteiger partial charge on any atom is 0.192 e. The highest BCUT2D eigenvalue weighted by atomic mass is 32.2. The molecular formula is C20H23N5OS. The highest BCUT2D eigenvalue weighted by Gasteiger charge is 2.24. The maximum absolute atomic E-state index is 13.0. The Hall–Kier alpha value is -2.54. The normalized spacial score (nSPS) is 13.0. The van der Waals surface area contributed by atoms with Crippen molar-refractivity contribution in [3.8, 4) is 5.82 Å². The number of rotatable bonds is 3. The summed E-state index contributed by atoms with van der Waals surface area (Å²) >= 11 is 0. The van der Waals surface area contributed by atoms with Gasteiger partial charge in [0.2, 0.25) is 0 Å². The predicted molar refractivity (Wildman–Crippen MR) is 108 cm³/mol. The molecule has 0 aliphatic carbocycles. The Morgan fingerprint density at radius 1 is 1.04 bits per heavy atom. The topological polar surface area (TPSA) is 65.1 Å². The fraction of sp³-hybridized carbons (Fsp3) is 0.350. The number of hydrogen-bond acceptors (Lipinski definition) is 4. The van der Waals surface area contributed by atoms with E-state index in [0.717, 1.165) is 38.3 Å². The molecule has 0 N–H and O–H groups in total. The van der Waals surface area contributed by atoms with E-state index in [1.807, 2.05) is 36.8 Å². The predicted octanol–water partition coefficient (Wildman–Crippen LogP) is 3.74. The molecule has 4 aromatic heterocycles. The summed E-state index contributed by atoms with van der Waals surface area (Å²) in [6.45, 7) is 12.2. The third kappa shape index (κ3) is 2.60. The van der Waals surface area contributed by atoms with Crippen LogP contribution in [0.15, 0.2) is 23.4 Å². The van der Waals surface area contributed by atoms with Crippen LogP contribution >= 0.6 is 0 Å². The molecule has 0 aliphatic rings. The molecule has 0 spiro atoms. The van der Waals surface area contributed by atoms with Gasteiger partial charge in [0.15, 0.2) is 5.82 Å². The van der Waals surface area contributed by atoms with Crippen LogP contribution in [-0.2, 0) is 10.8 Å². The first-order chi connectivity index (χ1) is 12.8. The van der Waals surface area contributed by atoms with E-state index in [4.69, 9.17) is 5.10 Å². The van der Waals surface area contributed by atoms with Crippen LogP contribution in [0.25, 0.3) is 22.2 Å². The van der Waals surface area contributed by atoms with Crippen molar-refractivity contribution >= 4 is 27.2 Å². The van der Waals surface area contributed by atoms with Crippen molar-refractivity contribution in [3.63, 3.8) is 0 Å². The van der Waals surface area contributed by atoms with Crippen LogP contribution in [0.3, 0.4) is 0 Å². The van der Waals surface area contributed by atoms with E-state index in [-0.39, 0.29) is 0 Å². The Labute approximate surface area is 160 Å². The third-order valence-corrected chi connectivity index (χ3v) is 6.75. The van der Waals surface area contributed by atoms with Crippen LogP contribution < -0.4 is 0 Å². The zero-order valence-corrected chi connectivity index (χ0v) is 17.3. The van der Waals surface area contributed by atoms with Crippen molar-refractivity contribution in [1.82, 2.24) is 24.4 Å². The van der Waals surface area contributed by atoms with E-state index in [1.54, 1.807) is 4.68 Å². The molecule has 1 unspecified atom stereocenters. The SMILES string of the molecule is CCS(=O)c1c(-n2cc3cnc(C)cc3n2)nn2c(C)c(C)c(C)c(C)c12. The number of aromatic nitrogens is 5. The van der Waals surface area contributed by atoms with Crippen LogP contribution in [-0.4, -0.2) is 34.3 Å². The molecule has 4 heterocycles. The van der Waals surface area contributed by atoms with Crippen molar-refractivity contribution in [3.05, 3.63) is 46.5 Å². The molecule has 140 valence electrons. The molecule has 0 bridgehead atoms. The first-order valence-corrected chi connectivity index (χ1v) is 10.3. The molecule has 0 saturated heterocycles. The lowest BCUT2D eigenvalue weighted by Gasteiger charge is -2.12. The summed E-state index contributed by atoms with van der Waals surface area (Å²) in [6, 6.07) is 1.95. The van der Waals surface area contributed by atoms with E-state index in [9.17, 15) is 4.21 Å². The van der Waals surface area contributed by atoms with Crippen molar-refractivity contribution < 1.29 is 4.21 Å². The molecule has 4 aromatic rings. The molecule has 0 aliphatic heterocycles. The lowest BCUT2D eigenvalue weighted by atomic mass is 10.0. The number of fused-ring (bicyclic) bond motifs is 2. The van der Waals surface area contributed by atoms with Gasteiger partial charge in [0.05, 0.1) is 21.8 Å². The van der Waals surface area contributed by atoms with Gasteiger partial charge in [0.1, 0.15) is 4.90 Å². The molecule has 0 radical (unpaired) electrons. The lowest BCUT2D eigenvalue weighted by Crippen LogP contribution is -2.04. The average Bonchev–Trinajstić information content (AvgIpc) is 3.25. The summed E-state index contributed by atoms with van der Waals surface area (Å²) in [6.07, 6.45) is 3.72. The Bertz CT molecular complexity index is 1230. The van der Waals surface area contributed by atoms with Gasteiger partial charge in [-0.05, 0) is 57.4 Å². The monoisotopic (exact) mass is 381 g/mol. The highest BCUT2D eigenvalue weighted by Crippen LogP contribution is 2.31. The van der Waals surface area contributed by atoms with E-state index >= 15 is 0 Å². The molecule has 0 saturated carbocycles. The fourth-order valence-electron chi connectivity index (χ4n) is 3.48. The Kier molecular flexibility index (Phi) is 4.14. The van der Waals surface area contributed by atoms with E-state index in [1.165, 1.54) is 11.1 Å². The van der Waals surface area contributed by atoms with Crippen LogP contribution in [0.2, 0.25) is 0 Å². The van der Waals surface area contributed by atoms with Crippen LogP contribution in [0.4, 0.5) is 0 Å². The van der Waals surface area contributed by atoms with Gasteiger partial charge in [0.25, 0.3) is 0 Å². The van der Waals surface area contributed by atoms with Crippen molar-refractivity contribution in [1.29, 1.82) is 0 Å². The summed E-state index contributed by atoms with van der Waals surface area (Å²) in [5, 5.41) is 10.5. The molecule has 1 atom stereocenters. The third-order valence-electron chi connectivity index (χ3n) is 5.40. The number of nitrogens with zero attached hydrogens (tertiary/aromatic N) is 5. The minimum atomic E-state index is -1.17. The Morgan fingerprint density at radius 3 is 2.48 bits per heavy atom. The highest BCUT2D eigenvalue weighted by molar-refractivity contribution is 7.85. The van der Waals surface area contributed by atoms with Crippen LogP contribution in [0.5, 0.6) is 0 Å². The maximum atomic E-state index is 13.0. The van der Waals surface area contributed by atoms with E-state index < -0.39 is 10.8 Å². The molecule has 4 rings (SSSR count). The summed E-state index contributed by atoms with van der Waals surface area (Å²) in [7, 11) is -1.17. The second-order valence-corrected chi connectivity index (χ2v) is 8.64. The first kappa shape index (κ1) is 17.9. The minimum absolute atomic E-state index is 0.529. The van der Waals surface area contributed by atoms with Gasteiger partial charge in [-0.25, -0.2) is 9.20 Å². The summed E-state index contributed by atoms with van der Waals surface area (Å²) < 4.78 is 16.7. The number of hydrogen-bond donors (Lipinski definition) is 0. The minimum Gasteiger partial charge on any atom is -0.261 e. The Balaban J connectivity index is 2.11. The average molecular weight is 382 g/mol. The van der Waals surface area contributed by atoms with Gasteiger partial charge >= 0.3 is 0 Å². The van der Waals surface area contributed by atoms with Gasteiger partial charge in [-0.3, -0.25) is 9.19 Å². The van der Waals surface area contributed by atoms with E-state index in [0.29, 0.717) is 11.6 Å². The second kappa shape index (κ2) is 6.27. The summed E-state index contributed by atoms with van der Waals surface area (Å²) in [5.74, 6) is 1.15. The molecule has 7 heteroatoms. The smallest absolute Gasteiger partial charge is 0.192 e. The molecule has 0 aromatic carbocycles. The number of aryl methyl sites for hydroxylation is 3. The van der Waals surface area contributed by atoms with Crippen molar-refractivity contribution in [2.24, 2.45) is 0 Å². The van der Waals surface area contributed by atoms with Crippen molar-refractivity contribution in [2.75, 3.05) is 5.75 Å². The Morgan fingerprint density at radius 2 is 1.78 bits per heavy atom. The standard InChI is InChI=1S/C20H23N5OS/c1-7-27(26)19-18-14(5)12(3)13(4)15(6)25(18)23-20(19)24-10-16-9-21-11(2)8-17(16)22-24/h8-10H,7H2,1-6H3. The molecule has 0 amide bonds. The molecule has 0 fully saturated rings. The quantitative estimate of drug-likeness (QED) is 0.542. The fourth-order valence-corrected chi connectivity index (χ4v) is 4.57. The van der Waals surface area contributed by atoms with Gasteiger partial charge in [-0.15, -0.1) is 5.10 Å². The number of pyridine rings is 2. The largest absolute Gasteiger partial charge is 0.261 e. The summed E-state index contributed by atoms with van der Waals surface area (Å²) in [4.78, 5) is 5.09. The first-order valence-electron chi connectivity index (χ1n) is 9.03. The van der Waals surface area contributed by atoms with Gasteiger partial charge in [-0.2, -0.15) is 5.10 Å². The molecule has 27 heavy (non-hydrogen) atoms. The summed E-state index contributed by atoms with van der Waals surface area (Å²) in [5.41, 5.74) is 7.29. The van der Waals surface area contributed by atoms with E-state index in [2.05, 4.69) is 37.8 Å². The van der Waals surface area contributed by atoms with Gasteiger partial charge < -0.3 is 0 Å². The second-order valence-electron chi connectivity index (χ2n) is 6.97. The van der Waals surface area contributed by atoms with Gasteiger partial charge in [-0.1, -0.05) is 6.92 Å². The lowest BCUT2D eigenvalue weighted by molar-refractivity contribution is 0.683. The molecule has 6 nitrogen and oxygen atoms in total.